The van der Waals surface area contributed by atoms with Crippen molar-refractivity contribution in [3.63, 3.8) is 0 Å². The summed E-state index contributed by atoms with van der Waals surface area (Å²) in [6.07, 6.45) is 5.35. The second-order valence-electron chi connectivity index (χ2n) is 5.71. The van der Waals surface area contributed by atoms with Gasteiger partial charge in [-0.3, -0.25) is 0 Å². The Bertz CT molecular complexity index is 249. The summed E-state index contributed by atoms with van der Waals surface area (Å²) >= 11 is 7.19. The van der Waals surface area contributed by atoms with E-state index in [1.807, 2.05) is 0 Å². The van der Waals surface area contributed by atoms with Gasteiger partial charge in [0, 0.05) is 5.54 Å². The molecule has 0 aliphatic carbocycles. The molecule has 0 aromatic carbocycles. The molecule has 1 saturated heterocycles. The minimum atomic E-state index is -1.84. The van der Waals surface area contributed by atoms with E-state index >= 15 is 0 Å². The van der Waals surface area contributed by atoms with Gasteiger partial charge in [0.1, 0.15) is 0 Å². The van der Waals surface area contributed by atoms with Crippen LogP contribution in [-0.2, 0) is 9.47 Å². The molecule has 1 aliphatic heterocycles. The van der Waals surface area contributed by atoms with E-state index in [-0.39, 0.29) is 0 Å². The van der Waals surface area contributed by atoms with Crippen LogP contribution in [0.2, 0.25) is 17.6 Å². The van der Waals surface area contributed by atoms with Crippen LogP contribution in [0.5, 0.6) is 0 Å². The molecule has 0 amide bonds. The Balaban J connectivity index is 2.99. The summed E-state index contributed by atoms with van der Waals surface area (Å²) in [6.45, 7) is 10.6. The van der Waals surface area contributed by atoms with E-state index in [1.165, 1.54) is 24.9 Å². The van der Waals surface area contributed by atoms with Crippen molar-refractivity contribution in [1.29, 1.82) is 0 Å². The summed E-state index contributed by atoms with van der Waals surface area (Å²) in [5.74, 6) is -0.398. The number of hydrogen-bond acceptors (Lipinski definition) is 2. The van der Waals surface area contributed by atoms with Crippen molar-refractivity contribution in [1.82, 2.24) is 0 Å². The molecule has 4 heteroatoms. The van der Waals surface area contributed by atoms with E-state index in [2.05, 4.69) is 27.7 Å². The highest BCUT2D eigenvalue weighted by molar-refractivity contribution is 7.21. The van der Waals surface area contributed by atoms with Crippen LogP contribution in [0.3, 0.4) is 0 Å². The van der Waals surface area contributed by atoms with Gasteiger partial charge in [-0.2, -0.15) is 11.1 Å². The van der Waals surface area contributed by atoms with Crippen molar-refractivity contribution >= 4 is 18.5 Å². The van der Waals surface area contributed by atoms with Gasteiger partial charge in [-0.15, -0.1) is 0 Å². The van der Waals surface area contributed by atoms with Crippen LogP contribution >= 0.6 is 11.1 Å². The summed E-state index contributed by atoms with van der Waals surface area (Å²) in [5.41, 5.74) is 0.409. The molecule has 1 rings (SSSR count). The second-order valence-corrected chi connectivity index (χ2v) is 11.7. The maximum atomic E-state index is 7.19. The third-order valence-corrected chi connectivity index (χ3v) is 11.1. The fraction of sp³-hybridized carbons (Fsp3) is 1.00. The molecule has 0 radical (unpaired) electrons. The van der Waals surface area contributed by atoms with Gasteiger partial charge in [0.05, 0.1) is 13.2 Å². The van der Waals surface area contributed by atoms with Gasteiger partial charge in [0.25, 0.3) is 0 Å². The van der Waals surface area contributed by atoms with Gasteiger partial charge in [0.2, 0.25) is 0 Å². The molecule has 0 bridgehead atoms. The number of ether oxygens (including phenoxy) is 2. The Labute approximate surface area is 124 Å². The van der Waals surface area contributed by atoms with Gasteiger partial charge >= 0.3 is 0 Å². The molecule has 1 fully saturated rings. The smallest absolute Gasteiger partial charge is 0.169 e. The van der Waals surface area contributed by atoms with E-state index in [0.29, 0.717) is 5.54 Å². The van der Waals surface area contributed by atoms with Crippen LogP contribution in [0, 0.1) is 0 Å². The number of hydrogen-bond donors (Lipinski definition) is 0. The van der Waals surface area contributed by atoms with E-state index in [0.717, 1.165) is 32.5 Å². The predicted molar refractivity (Wildman–Crippen MR) is 85.4 cm³/mol. The Hall–Kier alpha value is 0.427. The van der Waals surface area contributed by atoms with Gasteiger partial charge in [0.15, 0.2) is 13.2 Å². The van der Waals surface area contributed by atoms with E-state index < -0.39 is 13.2 Å². The Kier molecular flexibility index (Phi) is 7.37. The van der Waals surface area contributed by atoms with Crippen LogP contribution < -0.4 is 0 Å². The zero-order chi connectivity index (χ0) is 14.4. The first-order valence-electron chi connectivity index (χ1n) is 8.05. The van der Waals surface area contributed by atoms with Crippen LogP contribution in [0.25, 0.3) is 0 Å². The summed E-state index contributed by atoms with van der Waals surface area (Å²) in [7, 11) is -1.84. The Morgan fingerprint density at radius 1 is 1.05 bits per heavy atom. The van der Waals surface area contributed by atoms with Crippen molar-refractivity contribution in [3.8, 4) is 0 Å². The van der Waals surface area contributed by atoms with Crippen molar-refractivity contribution in [3.05, 3.63) is 0 Å². The highest BCUT2D eigenvalue weighted by Crippen LogP contribution is 2.49. The lowest BCUT2D eigenvalue weighted by molar-refractivity contribution is -0.271. The SMILES string of the molecule is CCC[Si](Cl)(CCC)C(CC)C1(CC)OCCCO1. The highest BCUT2D eigenvalue weighted by atomic mass is 35.6. The summed E-state index contributed by atoms with van der Waals surface area (Å²) < 4.78 is 12.3. The fourth-order valence-electron chi connectivity index (χ4n) is 3.62. The first-order valence-corrected chi connectivity index (χ1v) is 11.6. The lowest BCUT2D eigenvalue weighted by atomic mass is 10.1. The van der Waals surface area contributed by atoms with Crippen molar-refractivity contribution in [2.24, 2.45) is 0 Å². The number of rotatable bonds is 8. The highest BCUT2D eigenvalue weighted by Gasteiger charge is 2.51. The molecule has 1 unspecified atom stereocenters. The molecule has 2 nitrogen and oxygen atoms in total. The zero-order valence-electron chi connectivity index (χ0n) is 13.1. The summed E-state index contributed by atoms with van der Waals surface area (Å²) in [5, 5.41) is 0. The molecule has 0 N–H and O–H groups in total. The van der Waals surface area contributed by atoms with Crippen LogP contribution in [0.4, 0.5) is 0 Å². The maximum Gasteiger partial charge on any atom is 0.169 e. The molecular weight excluding hydrogens is 276 g/mol. The molecule has 0 saturated carbocycles. The lowest BCUT2D eigenvalue weighted by Gasteiger charge is -2.48. The third-order valence-electron chi connectivity index (χ3n) is 4.37. The molecule has 1 atom stereocenters. The molecule has 0 spiro atoms. The van der Waals surface area contributed by atoms with Crippen molar-refractivity contribution < 1.29 is 9.47 Å². The summed E-state index contributed by atoms with van der Waals surface area (Å²) in [4.78, 5) is 0. The topological polar surface area (TPSA) is 18.5 Å². The third kappa shape index (κ3) is 3.96. The van der Waals surface area contributed by atoms with Crippen LogP contribution in [0.15, 0.2) is 0 Å². The molecular formula is C15H31ClO2Si. The van der Waals surface area contributed by atoms with Gasteiger partial charge < -0.3 is 9.47 Å². The first kappa shape index (κ1) is 17.5. The molecule has 1 heterocycles. The second kappa shape index (κ2) is 8.01. The van der Waals surface area contributed by atoms with Crippen LogP contribution in [-0.4, -0.2) is 26.4 Å². The lowest BCUT2D eigenvalue weighted by Crippen LogP contribution is -2.52. The van der Waals surface area contributed by atoms with E-state index in [9.17, 15) is 0 Å². The maximum absolute atomic E-state index is 7.19. The normalized spacial score (nSPS) is 21.3. The van der Waals surface area contributed by atoms with Gasteiger partial charge in [-0.05, 0) is 31.4 Å². The minimum Gasteiger partial charge on any atom is -0.350 e. The Morgan fingerprint density at radius 3 is 1.95 bits per heavy atom. The minimum absolute atomic E-state index is 0.398. The molecule has 0 aromatic heterocycles. The first-order chi connectivity index (χ1) is 9.08. The van der Waals surface area contributed by atoms with Crippen molar-refractivity contribution in [2.75, 3.05) is 13.2 Å². The average Bonchev–Trinajstić information content (AvgIpc) is 2.41. The van der Waals surface area contributed by atoms with E-state index in [1.54, 1.807) is 0 Å². The Morgan fingerprint density at radius 2 is 1.58 bits per heavy atom. The standard InChI is InChI=1S/C15H31ClO2Si/c1-5-12-19(16,13-6-2)14(7-3)15(8-4)17-10-9-11-18-15/h14H,5-13H2,1-4H3. The molecule has 1 aliphatic rings. The van der Waals surface area contributed by atoms with Crippen molar-refractivity contribution in [2.45, 2.75) is 83.2 Å². The zero-order valence-corrected chi connectivity index (χ0v) is 14.9. The molecule has 19 heavy (non-hydrogen) atoms. The summed E-state index contributed by atoms with van der Waals surface area (Å²) in [6, 6.07) is 2.35. The molecule has 114 valence electrons. The number of halogens is 1. The largest absolute Gasteiger partial charge is 0.350 e. The fourth-order valence-corrected chi connectivity index (χ4v) is 10.2. The van der Waals surface area contributed by atoms with E-state index in [4.69, 9.17) is 20.6 Å². The predicted octanol–water partition coefficient (Wildman–Crippen LogP) is 5.31. The molecule has 0 aromatic rings. The average molecular weight is 307 g/mol. The monoisotopic (exact) mass is 306 g/mol. The van der Waals surface area contributed by atoms with Gasteiger partial charge in [-0.25, -0.2) is 0 Å². The van der Waals surface area contributed by atoms with Crippen LogP contribution in [0.1, 0.15) is 59.8 Å². The van der Waals surface area contributed by atoms with Gasteiger partial charge in [-0.1, -0.05) is 40.5 Å². The quantitative estimate of drug-likeness (QED) is 0.446.